The van der Waals surface area contributed by atoms with Crippen LogP contribution in [0.1, 0.15) is 37.7 Å². The Hall–Kier alpha value is -0.920. The summed E-state index contributed by atoms with van der Waals surface area (Å²) in [6.07, 6.45) is 0. The van der Waals surface area contributed by atoms with Gasteiger partial charge in [-0.05, 0) is 25.5 Å². The molecule has 0 N–H and O–H groups in total. The molecule has 0 aliphatic carbocycles. The van der Waals surface area contributed by atoms with Crippen molar-refractivity contribution in [3.8, 4) is 0 Å². The molecular weight excluding hydrogens is 148 g/mol. The van der Waals surface area contributed by atoms with Crippen LogP contribution in [0.3, 0.4) is 0 Å². The van der Waals surface area contributed by atoms with Gasteiger partial charge in [-0.25, -0.2) is 0 Å². The zero-order chi connectivity index (χ0) is 9.35. The fourth-order valence-corrected chi connectivity index (χ4v) is 1.36. The molecule has 0 atom stereocenters. The van der Waals surface area contributed by atoms with Gasteiger partial charge in [-0.15, -0.1) is 0 Å². The van der Waals surface area contributed by atoms with Crippen LogP contribution >= 0.6 is 0 Å². The van der Waals surface area contributed by atoms with E-state index in [9.17, 15) is 0 Å². The van der Waals surface area contributed by atoms with Crippen molar-refractivity contribution in [2.75, 3.05) is 0 Å². The smallest absolute Gasteiger partial charge is 0.0713 e. The molecule has 0 aromatic carbocycles. The molecule has 1 aromatic rings. The highest BCUT2D eigenvalue weighted by molar-refractivity contribution is 5.24. The SMILES string of the molecule is Cc1cc(C)c(C(C)(C)C)nn1. The maximum atomic E-state index is 4.20. The average Bonchev–Trinajstić information content (AvgIpc) is 1.83. The van der Waals surface area contributed by atoms with Gasteiger partial charge in [-0.1, -0.05) is 20.8 Å². The van der Waals surface area contributed by atoms with Crippen molar-refractivity contribution in [2.24, 2.45) is 0 Å². The van der Waals surface area contributed by atoms with Crippen molar-refractivity contribution >= 4 is 0 Å². The number of hydrogen-bond acceptors (Lipinski definition) is 2. The Balaban J connectivity index is 3.19. The third kappa shape index (κ3) is 1.81. The molecule has 0 amide bonds. The number of rotatable bonds is 0. The Bertz CT molecular complexity index is 284. The zero-order valence-electron chi connectivity index (χ0n) is 8.47. The average molecular weight is 164 g/mol. The van der Waals surface area contributed by atoms with Gasteiger partial charge in [0.25, 0.3) is 0 Å². The maximum absolute atomic E-state index is 4.20. The van der Waals surface area contributed by atoms with E-state index in [4.69, 9.17) is 0 Å². The first kappa shape index (κ1) is 9.17. The summed E-state index contributed by atoms with van der Waals surface area (Å²) < 4.78 is 0. The van der Waals surface area contributed by atoms with Gasteiger partial charge in [-0.3, -0.25) is 0 Å². The van der Waals surface area contributed by atoms with E-state index < -0.39 is 0 Å². The minimum Gasteiger partial charge on any atom is -0.156 e. The van der Waals surface area contributed by atoms with Gasteiger partial charge in [0.15, 0.2) is 0 Å². The normalized spacial score (nSPS) is 11.8. The van der Waals surface area contributed by atoms with Crippen molar-refractivity contribution in [1.82, 2.24) is 10.2 Å². The van der Waals surface area contributed by atoms with E-state index in [2.05, 4.69) is 44.0 Å². The first-order valence-corrected chi connectivity index (χ1v) is 4.22. The Morgan fingerprint density at radius 1 is 1.08 bits per heavy atom. The molecule has 2 nitrogen and oxygen atoms in total. The lowest BCUT2D eigenvalue weighted by atomic mass is 9.89. The van der Waals surface area contributed by atoms with Crippen LogP contribution < -0.4 is 0 Å². The molecule has 0 fully saturated rings. The molecule has 0 unspecified atom stereocenters. The summed E-state index contributed by atoms with van der Waals surface area (Å²) in [7, 11) is 0. The van der Waals surface area contributed by atoms with Crippen LogP contribution in [0, 0.1) is 13.8 Å². The van der Waals surface area contributed by atoms with Crippen molar-refractivity contribution in [2.45, 2.75) is 40.0 Å². The number of aromatic nitrogens is 2. The van der Waals surface area contributed by atoms with E-state index >= 15 is 0 Å². The van der Waals surface area contributed by atoms with E-state index in [1.54, 1.807) is 0 Å². The number of aryl methyl sites for hydroxylation is 2. The van der Waals surface area contributed by atoms with Crippen molar-refractivity contribution in [3.05, 3.63) is 23.0 Å². The first-order chi connectivity index (χ1) is 5.41. The molecule has 0 bridgehead atoms. The van der Waals surface area contributed by atoms with Crippen molar-refractivity contribution in [3.63, 3.8) is 0 Å². The van der Waals surface area contributed by atoms with Crippen LogP contribution in [-0.2, 0) is 5.41 Å². The molecule has 0 saturated carbocycles. The van der Waals surface area contributed by atoms with E-state index in [0.29, 0.717) is 0 Å². The quantitative estimate of drug-likeness (QED) is 0.588. The van der Waals surface area contributed by atoms with Crippen molar-refractivity contribution < 1.29 is 0 Å². The first-order valence-electron chi connectivity index (χ1n) is 4.22. The molecule has 0 aliphatic heterocycles. The van der Waals surface area contributed by atoms with Crippen LogP contribution in [0.4, 0.5) is 0 Å². The predicted octanol–water partition coefficient (Wildman–Crippen LogP) is 2.39. The summed E-state index contributed by atoms with van der Waals surface area (Å²) >= 11 is 0. The monoisotopic (exact) mass is 164 g/mol. The van der Waals surface area contributed by atoms with Gasteiger partial charge in [0.05, 0.1) is 11.4 Å². The van der Waals surface area contributed by atoms with Crippen LogP contribution in [0.15, 0.2) is 6.07 Å². The van der Waals surface area contributed by atoms with E-state index in [0.717, 1.165) is 11.4 Å². The highest BCUT2D eigenvalue weighted by atomic mass is 15.1. The van der Waals surface area contributed by atoms with Crippen LogP contribution in [0.2, 0.25) is 0 Å². The van der Waals surface area contributed by atoms with Gasteiger partial charge in [0, 0.05) is 5.41 Å². The lowest BCUT2D eigenvalue weighted by molar-refractivity contribution is 0.552. The fraction of sp³-hybridized carbons (Fsp3) is 0.600. The van der Waals surface area contributed by atoms with Gasteiger partial charge in [0.2, 0.25) is 0 Å². The zero-order valence-corrected chi connectivity index (χ0v) is 8.47. The Labute approximate surface area is 74.0 Å². The highest BCUT2D eigenvalue weighted by Crippen LogP contribution is 2.22. The minimum atomic E-state index is 0.102. The van der Waals surface area contributed by atoms with E-state index in [-0.39, 0.29) is 5.41 Å². The molecule has 0 saturated heterocycles. The second-order valence-corrected chi connectivity index (χ2v) is 4.27. The van der Waals surface area contributed by atoms with Gasteiger partial charge < -0.3 is 0 Å². The molecule has 2 heteroatoms. The number of nitrogens with zero attached hydrogens (tertiary/aromatic N) is 2. The molecular formula is C10H16N2. The second kappa shape index (κ2) is 2.85. The summed E-state index contributed by atoms with van der Waals surface area (Å²) in [6, 6.07) is 2.08. The molecule has 66 valence electrons. The van der Waals surface area contributed by atoms with Gasteiger partial charge in [0.1, 0.15) is 0 Å². The van der Waals surface area contributed by atoms with E-state index in [1.807, 2.05) is 6.92 Å². The molecule has 1 rings (SSSR count). The lowest BCUT2D eigenvalue weighted by Crippen LogP contribution is -2.16. The molecule has 0 radical (unpaired) electrons. The summed E-state index contributed by atoms with van der Waals surface area (Å²) in [5.74, 6) is 0. The van der Waals surface area contributed by atoms with Crippen LogP contribution in [-0.4, -0.2) is 10.2 Å². The highest BCUT2D eigenvalue weighted by Gasteiger charge is 2.18. The summed E-state index contributed by atoms with van der Waals surface area (Å²) in [5.41, 5.74) is 3.41. The standard InChI is InChI=1S/C10H16N2/c1-7-6-8(2)11-12-9(7)10(3,4)5/h6H,1-5H3. The summed E-state index contributed by atoms with van der Waals surface area (Å²) in [6.45, 7) is 10.5. The lowest BCUT2D eigenvalue weighted by Gasteiger charge is -2.19. The minimum absolute atomic E-state index is 0.102. The van der Waals surface area contributed by atoms with Gasteiger partial charge >= 0.3 is 0 Å². The molecule has 1 aromatic heterocycles. The third-order valence-corrected chi connectivity index (χ3v) is 1.82. The topological polar surface area (TPSA) is 25.8 Å². The van der Waals surface area contributed by atoms with Crippen LogP contribution in [0.5, 0.6) is 0 Å². The second-order valence-electron chi connectivity index (χ2n) is 4.27. The summed E-state index contributed by atoms with van der Waals surface area (Å²) in [5, 5.41) is 8.26. The van der Waals surface area contributed by atoms with Crippen molar-refractivity contribution in [1.29, 1.82) is 0 Å². The molecule has 12 heavy (non-hydrogen) atoms. The fourth-order valence-electron chi connectivity index (χ4n) is 1.36. The predicted molar refractivity (Wildman–Crippen MR) is 50.2 cm³/mol. The summed E-state index contributed by atoms with van der Waals surface area (Å²) in [4.78, 5) is 0. The van der Waals surface area contributed by atoms with Crippen LogP contribution in [0.25, 0.3) is 0 Å². The largest absolute Gasteiger partial charge is 0.156 e. The maximum Gasteiger partial charge on any atom is 0.0713 e. The Morgan fingerprint density at radius 3 is 2.08 bits per heavy atom. The number of hydrogen-bond donors (Lipinski definition) is 0. The van der Waals surface area contributed by atoms with Gasteiger partial charge in [-0.2, -0.15) is 10.2 Å². The molecule has 0 aliphatic rings. The molecule has 1 heterocycles. The Kier molecular flexibility index (Phi) is 2.18. The van der Waals surface area contributed by atoms with E-state index in [1.165, 1.54) is 5.56 Å². The Morgan fingerprint density at radius 2 is 1.67 bits per heavy atom. The third-order valence-electron chi connectivity index (χ3n) is 1.82. The molecule has 0 spiro atoms.